The maximum Gasteiger partial charge on any atom is 0.243 e. The van der Waals surface area contributed by atoms with Crippen molar-refractivity contribution in [3.8, 4) is 5.88 Å². The Kier molecular flexibility index (Phi) is 9.31. The van der Waals surface area contributed by atoms with Gasteiger partial charge in [0.15, 0.2) is 5.65 Å². The van der Waals surface area contributed by atoms with Crippen LogP contribution in [0.3, 0.4) is 0 Å². The SMILES string of the molecule is CCCCCCCCC(CCCCCC)Oc1ncnc2nc[nH]c12. The molecule has 0 bridgehead atoms. The Bertz CT molecular complexity index is 584. The number of hydrogen-bond donors (Lipinski definition) is 1. The maximum absolute atomic E-state index is 6.27. The molecule has 140 valence electrons. The topological polar surface area (TPSA) is 63.7 Å². The second kappa shape index (κ2) is 11.8. The van der Waals surface area contributed by atoms with Crippen LogP contribution in [-0.2, 0) is 0 Å². The Morgan fingerprint density at radius 2 is 1.48 bits per heavy atom. The molecule has 1 atom stereocenters. The summed E-state index contributed by atoms with van der Waals surface area (Å²) in [5, 5.41) is 0. The Labute approximate surface area is 152 Å². The molecule has 2 aromatic rings. The molecule has 2 aromatic heterocycles. The van der Waals surface area contributed by atoms with Crippen molar-refractivity contribution in [2.75, 3.05) is 0 Å². The number of aromatic nitrogens is 4. The lowest BCUT2D eigenvalue weighted by atomic mass is 10.0. The number of nitrogens with zero attached hydrogens (tertiary/aromatic N) is 3. The summed E-state index contributed by atoms with van der Waals surface area (Å²) in [6, 6.07) is 0. The van der Waals surface area contributed by atoms with Crippen LogP contribution in [0.5, 0.6) is 5.88 Å². The van der Waals surface area contributed by atoms with Gasteiger partial charge in [-0.2, -0.15) is 4.98 Å². The molecule has 0 spiro atoms. The van der Waals surface area contributed by atoms with E-state index in [2.05, 4.69) is 33.8 Å². The van der Waals surface area contributed by atoms with Gasteiger partial charge >= 0.3 is 0 Å². The number of ether oxygens (including phenoxy) is 1. The number of nitrogens with one attached hydrogen (secondary N) is 1. The number of fused-ring (bicyclic) bond motifs is 1. The van der Waals surface area contributed by atoms with Crippen LogP contribution in [0, 0.1) is 0 Å². The quantitative estimate of drug-likeness (QED) is 0.438. The van der Waals surface area contributed by atoms with Crippen molar-refractivity contribution in [2.24, 2.45) is 0 Å². The van der Waals surface area contributed by atoms with Gasteiger partial charge in [-0.05, 0) is 25.7 Å². The van der Waals surface area contributed by atoms with Crippen molar-refractivity contribution in [1.82, 2.24) is 19.9 Å². The molecule has 0 aliphatic carbocycles. The van der Waals surface area contributed by atoms with Crippen molar-refractivity contribution in [3.05, 3.63) is 12.7 Å². The molecule has 25 heavy (non-hydrogen) atoms. The number of unbranched alkanes of at least 4 members (excludes halogenated alkanes) is 8. The third-order valence-electron chi connectivity index (χ3n) is 4.73. The Hall–Kier alpha value is -1.65. The predicted molar refractivity (Wildman–Crippen MR) is 103 cm³/mol. The monoisotopic (exact) mass is 346 g/mol. The summed E-state index contributed by atoms with van der Waals surface area (Å²) in [5.74, 6) is 0.647. The minimum absolute atomic E-state index is 0.240. The molecule has 5 heteroatoms. The van der Waals surface area contributed by atoms with Gasteiger partial charge < -0.3 is 9.72 Å². The highest BCUT2D eigenvalue weighted by Gasteiger charge is 2.14. The summed E-state index contributed by atoms with van der Waals surface area (Å²) in [6.45, 7) is 4.51. The van der Waals surface area contributed by atoms with Crippen LogP contribution >= 0.6 is 0 Å². The number of hydrogen-bond acceptors (Lipinski definition) is 4. The second-order valence-corrected chi connectivity index (χ2v) is 6.93. The van der Waals surface area contributed by atoms with Gasteiger partial charge in [0, 0.05) is 0 Å². The average molecular weight is 347 g/mol. The number of aromatic amines is 1. The van der Waals surface area contributed by atoms with E-state index in [4.69, 9.17) is 4.74 Å². The lowest BCUT2D eigenvalue weighted by Crippen LogP contribution is -2.17. The molecule has 1 unspecified atom stereocenters. The minimum atomic E-state index is 0.240. The highest BCUT2D eigenvalue weighted by atomic mass is 16.5. The van der Waals surface area contributed by atoms with Crippen molar-refractivity contribution >= 4 is 11.2 Å². The first kappa shape index (κ1) is 19.7. The maximum atomic E-state index is 6.27. The molecule has 0 aromatic carbocycles. The van der Waals surface area contributed by atoms with E-state index in [1.807, 2.05) is 0 Å². The molecular weight excluding hydrogens is 312 g/mol. The zero-order chi connectivity index (χ0) is 17.7. The third-order valence-corrected chi connectivity index (χ3v) is 4.73. The molecule has 0 aliphatic heterocycles. The van der Waals surface area contributed by atoms with Crippen molar-refractivity contribution in [2.45, 2.75) is 97.0 Å². The molecule has 2 rings (SSSR count). The molecule has 2 heterocycles. The van der Waals surface area contributed by atoms with Crippen molar-refractivity contribution < 1.29 is 4.74 Å². The predicted octanol–water partition coefficient (Wildman–Crippen LogP) is 5.82. The summed E-state index contributed by atoms with van der Waals surface area (Å²) in [5.41, 5.74) is 1.48. The smallest absolute Gasteiger partial charge is 0.243 e. The normalized spacial score (nSPS) is 12.6. The van der Waals surface area contributed by atoms with Gasteiger partial charge in [0.25, 0.3) is 0 Å². The lowest BCUT2D eigenvalue weighted by Gasteiger charge is -2.18. The van der Waals surface area contributed by atoms with E-state index in [9.17, 15) is 0 Å². The second-order valence-electron chi connectivity index (χ2n) is 6.93. The summed E-state index contributed by atoms with van der Waals surface area (Å²) in [4.78, 5) is 15.8. The van der Waals surface area contributed by atoms with Gasteiger partial charge in [0.05, 0.1) is 6.33 Å². The number of rotatable bonds is 14. The summed E-state index contributed by atoms with van der Waals surface area (Å²) < 4.78 is 6.27. The first-order chi connectivity index (χ1) is 12.3. The van der Waals surface area contributed by atoms with Crippen LogP contribution in [0.1, 0.15) is 90.9 Å². The van der Waals surface area contributed by atoms with E-state index in [0.717, 1.165) is 18.4 Å². The van der Waals surface area contributed by atoms with E-state index in [-0.39, 0.29) is 6.10 Å². The van der Waals surface area contributed by atoms with E-state index in [0.29, 0.717) is 11.5 Å². The minimum Gasteiger partial charge on any atom is -0.473 e. The number of imidazole rings is 1. The van der Waals surface area contributed by atoms with Crippen LogP contribution in [0.2, 0.25) is 0 Å². The summed E-state index contributed by atoms with van der Waals surface area (Å²) in [7, 11) is 0. The van der Waals surface area contributed by atoms with Crippen LogP contribution in [0.15, 0.2) is 12.7 Å². The van der Waals surface area contributed by atoms with E-state index in [1.54, 1.807) is 6.33 Å². The average Bonchev–Trinajstić information content (AvgIpc) is 3.11. The molecular formula is C20H34N4O. The van der Waals surface area contributed by atoms with E-state index >= 15 is 0 Å². The molecule has 0 saturated heterocycles. The Balaban J connectivity index is 1.85. The molecule has 5 nitrogen and oxygen atoms in total. The molecule has 0 fully saturated rings. The fourth-order valence-electron chi connectivity index (χ4n) is 3.20. The summed E-state index contributed by atoms with van der Waals surface area (Å²) in [6.07, 6.45) is 18.6. The Morgan fingerprint density at radius 1 is 0.840 bits per heavy atom. The zero-order valence-electron chi connectivity index (χ0n) is 16.0. The van der Waals surface area contributed by atoms with Gasteiger partial charge in [0.2, 0.25) is 5.88 Å². The fraction of sp³-hybridized carbons (Fsp3) is 0.750. The van der Waals surface area contributed by atoms with Crippen molar-refractivity contribution in [3.63, 3.8) is 0 Å². The van der Waals surface area contributed by atoms with Crippen LogP contribution < -0.4 is 4.74 Å². The molecule has 0 aliphatic rings. The van der Waals surface area contributed by atoms with Gasteiger partial charge in [-0.1, -0.05) is 65.2 Å². The Morgan fingerprint density at radius 3 is 2.20 bits per heavy atom. The van der Waals surface area contributed by atoms with Gasteiger partial charge in [0.1, 0.15) is 17.9 Å². The van der Waals surface area contributed by atoms with Gasteiger partial charge in [-0.3, -0.25) is 0 Å². The first-order valence-corrected chi connectivity index (χ1v) is 10.2. The highest BCUT2D eigenvalue weighted by Crippen LogP contribution is 2.23. The van der Waals surface area contributed by atoms with Crippen LogP contribution in [-0.4, -0.2) is 26.0 Å². The summed E-state index contributed by atoms with van der Waals surface area (Å²) >= 11 is 0. The molecule has 0 amide bonds. The third kappa shape index (κ3) is 7.00. The van der Waals surface area contributed by atoms with E-state index in [1.165, 1.54) is 70.5 Å². The lowest BCUT2D eigenvalue weighted by molar-refractivity contribution is 0.167. The first-order valence-electron chi connectivity index (χ1n) is 10.2. The molecule has 0 saturated carbocycles. The zero-order valence-corrected chi connectivity index (χ0v) is 16.0. The highest BCUT2D eigenvalue weighted by molar-refractivity contribution is 5.74. The largest absolute Gasteiger partial charge is 0.473 e. The van der Waals surface area contributed by atoms with Gasteiger partial charge in [-0.15, -0.1) is 0 Å². The van der Waals surface area contributed by atoms with E-state index < -0.39 is 0 Å². The van der Waals surface area contributed by atoms with Crippen LogP contribution in [0.25, 0.3) is 11.2 Å². The molecule has 0 radical (unpaired) electrons. The van der Waals surface area contributed by atoms with Crippen molar-refractivity contribution in [1.29, 1.82) is 0 Å². The van der Waals surface area contributed by atoms with Crippen LogP contribution in [0.4, 0.5) is 0 Å². The van der Waals surface area contributed by atoms with Gasteiger partial charge in [-0.25, -0.2) is 9.97 Å². The number of H-pyrrole nitrogens is 1. The molecule has 1 N–H and O–H groups in total. The fourth-order valence-corrected chi connectivity index (χ4v) is 3.20. The standard InChI is InChI=1S/C20H34N4O/c1-3-5-7-9-10-12-14-17(13-11-8-6-4-2)25-20-18-19(22-15-21-18)23-16-24-20/h15-17H,3-14H2,1-2H3,(H,21,22,23,24).